The molecule has 0 unspecified atom stereocenters. The molecular formula is C9H9N3O2. The van der Waals surface area contributed by atoms with Crippen LogP contribution in [0.15, 0.2) is 12.4 Å². The normalized spacial score (nSPS) is 8.86. The van der Waals surface area contributed by atoms with E-state index in [1.165, 1.54) is 12.4 Å². The maximum absolute atomic E-state index is 10.2. The third-order valence-corrected chi connectivity index (χ3v) is 1.48. The van der Waals surface area contributed by atoms with Crippen LogP contribution < -0.4 is 11.5 Å². The van der Waals surface area contributed by atoms with Crippen molar-refractivity contribution in [2.24, 2.45) is 0 Å². The number of nitrogens with two attached hydrogens (primary N) is 2. The number of rotatable bonds is 1. The summed E-state index contributed by atoms with van der Waals surface area (Å²) in [6.45, 7) is 0. The highest BCUT2D eigenvalue weighted by Crippen LogP contribution is 2.16. The van der Waals surface area contributed by atoms with Gasteiger partial charge in [0.2, 0.25) is 0 Å². The van der Waals surface area contributed by atoms with Gasteiger partial charge < -0.3 is 16.6 Å². The van der Waals surface area contributed by atoms with Crippen LogP contribution in [0.3, 0.4) is 0 Å². The number of nitrogens with zero attached hydrogens (tertiary/aromatic N) is 1. The van der Waals surface area contributed by atoms with Gasteiger partial charge in [-0.2, -0.15) is 0 Å². The lowest BCUT2D eigenvalue weighted by atomic mass is 10.2. The van der Waals surface area contributed by atoms with Crippen molar-refractivity contribution >= 4 is 17.3 Å². The van der Waals surface area contributed by atoms with Crippen LogP contribution in [0.25, 0.3) is 0 Å². The van der Waals surface area contributed by atoms with Crippen LogP contribution in [-0.2, 0) is 4.79 Å². The van der Waals surface area contributed by atoms with Crippen LogP contribution in [0.4, 0.5) is 11.4 Å². The molecule has 5 N–H and O–H groups in total. The molecule has 5 nitrogen and oxygen atoms in total. The molecule has 0 bridgehead atoms. The monoisotopic (exact) mass is 191 g/mol. The molecule has 0 spiro atoms. The van der Waals surface area contributed by atoms with Crippen LogP contribution in [0.1, 0.15) is 12.0 Å². The minimum absolute atomic E-state index is 0.228. The lowest BCUT2D eigenvalue weighted by Gasteiger charge is -1.99. The fourth-order valence-corrected chi connectivity index (χ4v) is 0.801. The van der Waals surface area contributed by atoms with Crippen LogP contribution >= 0.6 is 0 Å². The summed E-state index contributed by atoms with van der Waals surface area (Å²) in [5.74, 6) is 4.05. The topological polar surface area (TPSA) is 102 Å². The first-order valence-corrected chi connectivity index (χ1v) is 3.81. The second kappa shape index (κ2) is 4.14. The second-order valence-electron chi connectivity index (χ2n) is 2.56. The molecule has 1 aromatic rings. The van der Waals surface area contributed by atoms with Crippen molar-refractivity contribution in [3.05, 3.63) is 18.0 Å². The van der Waals surface area contributed by atoms with Crippen molar-refractivity contribution in [2.75, 3.05) is 11.5 Å². The maximum Gasteiger partial charge on any atom is 0.315 e. The van der Waals surface area contributed by atoms with Gasteiger partial charge in [0.05, 0.1) is 23.1 Å². The predicted molar refractivity (Wildman–Crippen MR) is 52.2 cm³/mol. The zero-order chi connectivity index (χ0) is 10.6. The Morgan fingerprint density at radius 1 is 1.50 bits per heavy atom. The number of aromatic nitrogens is 1. The summed E-state index contributed by atoms with van der Waals surface area (Å²) >= 11 is 0. The Bertz CT molecular complexity index is 418. The molecule has 0 aromatic carbocycles. The van der Waals surface area contributed by atoms with Crippen LogP contribution in [-0.4, -0.2) is 16.1 Å². The van der Waals surface area contributed by atoms with E-state index in [4.69, 9.17) is 16.6 Å². The molecule has 5 heteroatoms. The SMILES string of the molecule is Nc1cncc(C#CCC(=O)O)c1N. The fraction of sp³-hybridized carbons (Fsp3) is 0.111. The number of carboxylic acid groups (broad SMARTS) is 1. The first-order valence-electron chi connectivity index (χ1n) is 3.81. The Kier molecular flexibility index (Phi) is 2.92. The number of hydrogen-bond donors (Lipinski definition) is 3. The molecule has 1 heterocycles. The molecule has 0 radical (unpaired) electrons. The molecular weight excluding hydrogens is 182 g/mol. The average molecular weight is 191 g/mol. The van der Waals surface area contributed by atoms with E-state index in [1.54, 1.807) is 0 Å². The number of pyridine rings is 1. The van der Waals surface area contributed by atoms with Crippen molar-refractivity contribution in [1.82, 2.24) is 4.98 Å². The molecule has 14 heavy (non-hydrogen) atoms. The smallest absolute Gasteiger partial charge is 0.315 e. The molecule has 1 rings (SSSR count). The Labute approximate surface area is 80.7 Å². The van der Waals surface area contributed by atoms with E-state index in [1.807, 2.05) is 0 Å². The van der Waals surface area contributed by atoms with E-state index in [9.17, 15) is 4.79 Å². The van der Waals surface area contributed by atoms with E-state index >= 15 is 0 Å². The molecule has 0 saturated carbocycles. The van der Waals surface area contributed by atoms with E-state index in [-0.39, 0.29) is 6.42 Å². The quantitative estimate of drug-likeness (QED) is 0.545. The molecule has 0 aliphatic heterocycles. The lowest BCUT2D eigenvalue weighted by molar-refractivity contribution is -0.135. The first-order chi connectivity index (χ1) is 6.61. The van der Waals surface area contributed by atoms with Crippen molar-refractivity contribution in [3.8, 4) is 11.8 Å². The van der Waals surface area contributed by atoms with E-state index in [2.05, 4.69) is 16.8 Å². The number of nitrogen functional groups attached to an aromatic ring is 2. The zero-order valence-electron chi connectivity index (χ0n) is 7.32. The zero-order valence-corrected chi connectivity index (χ0v) is 7.32. The van der Waals surface area contributed by atoms with Crippen LogP contribution in [0, 0.1) is 11.8 Å². The molecule has 0 aliphatic carbocycles. The van der Waals surface area contributed by atoms with Gasteiger partial charge in [-0.25, -0.2) is 0 Å². The number of hydrogen-bond acceptors (Lipinski definition) is 4. The minimum atomic E-state index is -0.979. The highest BCUT2D eigenvalue weighted by Gasteiger charge is 1.99. The van der Waals surface area contributed by atoms with Gasteiger partial charge in [0.25, 0.3) is 0 Å². The van der Waals surface area contributed by atoms with Crippen LogP contribution in [0.2, 0.25) is 0 Å². The summed E-state index contributed by atoms with van der Waals surface area (Å²) < 4.78 is 0. The first kappa shape index (κ1) is 9.86. The predicted octanol–water partition coefficient (Wildman–Crippen LogP) is 0.0722. The summed E-state index contributed by atoms with van der Waals surface area (Å²) in [6, 6.07) is 0. The van der Waals surface area contributed by atoms with Crippen molar-refractivity contribution < 1.29 is 9.90 Å². The Balaban J connectivity index is 2.90. The summed E-state index contributed by atoms with van der Waals surface area (Å²) in [5, 5.41) is 8.34. The number of anilines is 2. The Hall–Kier alpha value is -2.22. The molecule has 0 atom stereocenters. The van der Waals surface area contributed by atoms with Gasteiger partial charge >= 0.3 is 5.97 Å². The Morgan fingerprint density at radius 3 is 2.86 bits per heavy atom. The second-order valence-corrected chi connectivity index (χ2v) is 2.56. The molecule has 0 saturated heterocycles. The summed E-state index contributed by atoms with van der Waals surface area (Å²) in [7, 11) is 0. The van der Waals surface area contributed by atoms with Gasteiger partial charge in [-0.3, -0.25) is 9.78 Å². The number of carboxylic acids is 1. The summed E-state index contributed by atoms with van der Waals surface area (Å²) in [4.78, 5) is 14.0. The molecule has 1 aromatic heterocycles. The highest BCUT2D eigenvalue weighted by atomic mass is 16.4. The third-order valence-electron chi connectivity index (χ3n) is 1.48. The maximum atomic E-state index is 10.2. The van der Waals surface area contributed by atoms with Gasteiger partial charge in [0.1, 0.15) is 6.42 Å². The number of carbonyl (C=O) groups is 1. The standard InChI is InChI=1S/C9H9N3O2/c10-7-5-12-4-6(9(7)11)2-1-3-8(13)14/h4-5H,3,10H2,(H2,11,12)(H,13,14). The third kappa shape index (κ3) is 2.38. The van der Waals surface area contributed by atoms with Gasteiger partial charge in [0, 0.05) is 6.20 Å². The molecule has 0 fully saturated rings. The van der Waals surface area contributed by atoms with E-state index < -0.39 is 5.97 Å². The van der Waals surface area contributed by atoms with Gasteiger partial charge in [-0.1, -0.05) is 11.8 Å². The van der Waals surface area contributed by atoms with E-state index in [0.717, 1.165) is 0 Å². The van der Waals surface area contributed by atoms with Crippen molar-refractivity contribution in [1.29, 1.82) is 0 Å². The van der Waals surface area contributed by atoms with E-state index in [0.29, 0.717) is 16.9 Å². The molecule has 0 aliphatic rings. The average Bonchev–Trinajstić information content (AvgIpc) is 2.12. The highest BCUT2D eigenvalue weighted by molar-refractivity contribution is 5.72. The van der Waals surface area contributed by atoms with Gasteiger partial charge in [0.15, 0.2) is 0 Å². The van der Waals surface area contributed by atoms with Crippen LogP contribution in [0.5, 0.6) is 0 Å². The van der Waals surface area contributed by atoms with Gasteiger partial charge in [-0.05, 0) is 0 Å². The summed E-state index contributed by atoms with van der Waals surface area (Å²) in [5.41, 5.74) is 12.2. The van der Waals surface area contributed by atoms with Gasteiger partial charge in [-0.15, -0.1) is 0 Å². The van der Waals surface area contributed by atoms with Crippen molar-refractivity contribution in [2.45, 2.75) is 6.42 Å². The largest absolute Gasteiger partial charge is 0.481 e. The molecule has 0 amide bonds. The lowest BCUT2D eigenvalue weighted by Crippen LogP contribution is -1.98. The fourth-order valence-electron chi connectivity index (χ4n) is 0.801. The minimum Gasteiger partial charge on any atom is -0.481 e. The summed E-state index contributed by atoms with van der Waals surface area (Å²) in [6.07, 6.45) is 2.63. The molecule has 72 valence electrons. The van der Waals surface area contributed by atoms with Crippen molar-refractivity contribution in [3.63, 3.8) is 0 Å². The number of aliphatic carboxylic acids is 1. The Morgan fingerprint density at radius 2 is 2.21 bits per heavy atom.